The number of thiocarbonyl (C=S) groups is 1. The molecular weight excluding hydrogens is 222 g/mol. The number of hydrogen-bond acceptors (Lipinski definition) is 3. The van der Waals surface area contributed by atoms with Crippen molar-refractivity contribution in [2.24, 2.45) is 11.7 Å². The Bertz CT molecular complexity index is 241. The highest BCUT2D eigenvalue weighted by Crippen LogP contribution is 2.01. The summed E-state index contributed by atoms with van der Waals surface area (Å²) in [5, 5.41) is 0. The Morgan fingerprint density at radius 1 is 1.38 bits per heavy atom. The van der Waals surface area contributed by atoms with Crippen molar-refractivity contribution < 1.29 is 4.79 Å². The molecule has 0 aliphatic carbocycles. The van der Waals surface area contributed by atoms with Gasteiger partial charge in [-0.15, -0.1) is 0 Å². The number of hydrogen-bond donors (Lipinski definition) is 1. The van der Waals surface area contributed by atoms with Crippen LogP contribution in [0.4, 0.5) is 0 Å². The van der Waals surface area contributed by atoms with Crippen molar-refractivity contribution in [3.63, 3.8) is 0 Å². The van der Waals surface area contributed by atoms with Crippen LogP contribution in [0.2, 0.25) is 0 Å². The summed E-state index contributed by atoms with van der Waals surface area (Å²) >= 11 is 4.85. The lowest BCUT2D eigenvalue weighted by Gasteiger charge is -2.24. The highest BCUT2D eigenvalue weighted by Gasteiger charge is 2.13. The molecule has 0 atom stereocenters. The molecule has 0 rings (SSSR count). The molecule has 5 heteroatoms. The first-order chi connectivity index (χ1) is 7.32. The topological polar surface area (TPSA) is 49.6 Å². The van der Waals surface area contributed by atoms with Crippen LogP contribution in [0.15, 0.2) is 0 Å². The van der Waals surface area contributed by atoms with Gasteiger partial charge < -0.3 is 10.6 Å². The van der Waals surface area contributed by atoms with E-state index < -0.39 is 0 Å². The lowest BCUT2D eigenvalue weighted by molar-refractivity contribution is -0.130. The molecule has 0 saturated carbocycles. The van der Waals surface area contributed by atoms with Crippen LogP contribution in [-0.2, 0) is 4.79 Å². The molecule has 0 spiro atoms. The lowest BCUT2D eigenvalue weighted by atomic mass is 10.2. The Morgan fingerprint density at radius 2 is 1.94 bits per heavy atom. The number of amides is 1. The van der Waals surface area contributed by atoms with Gasteiger partial charge in [-0.1, -0.05) is 26.1 Å². The van der Waals surface area contributed by atoms with Crippen molar-refractivity contribution in [3.8, 4) is 0 Å². The smallest absolute Gasteiger partial charge is 0.236 e. The van der Waals surface area contributed by atoms with Crippen molar-refractivity contribution >= 4 is 23.1 Å². The molecule has 0 aromatic rings. The van der Waals surface area contributed by atoms with Gasteiger partial charge in [0, 0.05) is 33.6 Å². The van der Waals surface area contributed by atoms with Gasteiger partial charge in [-0.25, -0.2) is 0 Å². The largest absolute Gasteiger partial charge is 0.393 e. The van der Waals surface area contributed by atoms with Crippen LogP contribution >= 0.6 is 12.2 Å². The Balaban J connectivity index is 4.19. The molecule has 0 aromatic heterocycles. The molecule has 0 aromatic carbocycles. The SMILES string of the molecule is CC(C)CN(CCC(N)=S)CC(=O)N(C)C. The molecule has 0 fully saturated rings. The van der Waals surface area contributed by atoms with Gasteiger partial charge in [0.2, 0.25) is 5.91 Å². The summed E-state index contributed by atoms with van der Waals surface area (Å²) in [6.07, 6.45) is 0.669. The Morgan fingerprint density at radius 3 is 2.31 bits per heavy atom. The zero-order chi connectivity index (χ0) is 12.7. The summed E-state index contributed by atoms with van der Waals surface area (Å²) in [5.74, 6) is 0.643. The molecule has 0 heterocycles. The van der Waals surface area contributed by atoms with Gasteiger partial charge in [0.05, 0.1) is 11.5 Å². The van der Waals surface area contributed by atoms with Crippen molar-refractivity contribution in [2.75, 3.05) is 33.7 Å². The molecule has 0 aliphatic heterocycles. The maximum atomic E-state index is 11.6. The van der Waals surface area contributed by atoms with E-state index >= 15 is 0 Å². The van der Waals surface area contributed by atoms with Gasteiger partial charge >= 0.3 is 0 Å². The van der Waals surface area contributed by atoms with Gasteiger partial charge in [0.1, 0.15) is 0 Å². The third-order valence-corrected chi connectivity index (χ3v) is 2.36. The molecule has 0 unspecified atom stereocenters. The minimum Gasteiger partial charge on any atom is -0.393 e. The average molecular weight is 245 g/mol. The molecule has 0 bridgehead atoms. The van der Waals surface area contributed by atoms with E-state index in [1.165, 1.54) is 0 Å². The zero-order valence-corrected chi connectivity index (χ0v) is 11.5. The molecule has 0 aliphatic rings. The maximum absolute atomic E-state index is 11.6. The summed E-state index contributed by atoms with van der Waals surface area (Å²) in [4.78, 5) is 15.8. The second kappa shape index (κ2) is 7.57. The van der Waals surface area contributed by atoms with Crippen LogP contribution in [0, 0.1) is 5.92 Å². The summed E-state index contributed by atoms with van der Waals surface area (Å²) in [6.45, 7) is 6.35. The minimum atomic E-state index is 0.114. The van der Waals surface area contributed by atoms with E-state index in [0.29, 0.717) is 23.9 Å². The first-order valence-corrected chi connectivity index (χ1v) is 5.94. The quantitative estimate of drug-likeness (QED) is 0.671. The molecule has 16 heavy (non-hydrogen) atoms. The number of carbonyl (C=O) groups is 1. The van der Waals surface area contributed by atoms with Crippen molar-refractivity contribution in [3.05, 3.63) is 0 Å². The minimum absolute atomic E-state index is 0.114. The second-order valence-electron chi connectivity index (χ2n) is 4.63. The van der Waals surface area contributed by atoms with Crippen LogP contribution in [0.3, 0.4) is 0 Å². The van der Waals surface area contributed by atoms with E-state index in [0.717, 1.165) is 13.1 Å². The Kier molecular flexibility index (Phi) is 7.25. The fourth-order valence-electron chi connectivity index (χ4n) is 1.35. The van der Waals surface area contributed by atoms with E-state index in [-0.39, 0.29) is 5.91 Å². The molecule has 2 N–H and O–H groups in total. The fraction of sp³-hybridized carbons (Fsp3) is 0.818. The molecule has 94 valence electrons. The van der Waals surface area contributed by atoms with E-state index in [9.17, 15) is 4.79 Å². The Hall–Kier alpha value is -0.680. The maximum Gasteiger partial charge on any atom is 0.236 e. The van der Waals surface area contributed by atoms with Gasteiger partial charge in [-0.2, -0.15) is 0 Å². The predicted molar refractivity (Wildman–Crippen MR) is 71.4 cm³/mol. The van der Waals surface area contributed by atoms with Crippen LogP contribution in [0.5, 0.6) is 0 Å². The molecule has 0 saturated heterocycles. The number of rotatable bonds is 7. The molecule has 4 nitrogen and oxygen atoms in total. The molecular formula is C11H23N3OS. The first kappa shape index (κ1) is 15.3. The van der Waals surface area contributed by atoms with Crippen LogP contribution < -0.4 is 5.73 Å². The van der Waals surface area contributed by atoms with Gasteiger partial charge in [-0.3, -0.25) is 9.69 Å². The third kappa shape index (κ3) is 7.59. The number of nitrogens with zero attached hydrogens (tertiary/aromatic N) is 2. The standard InChI is InChI=1S/C11H23N3OS/c1-9(2)7-14(6-5-10(12)16)8-11(15)13(3)4/h9H,5-8H2,1-4H3,(H2,12,16). The fourth-order valence-corrected chi connectivity index (χ4v) is 1.44. The van der Waals surface area contributed by atoms with E-state index in [1.807, 2.05) is 0 Å². The van der Waals surface area contributed by atoms with Crippen LogP contribution in [0.25, 0.3) is 0 Å². The normalized spacial score (nSPS) is 10.9. The monoisotopic (exact) mass is 245 g/mol. The lowest BCUT2D eigenvalue weighted by Crippen LogP contribution is -2.39. The summed E-state index contributed by atoms with van der Waals surface area (Å²) in [6, 6.07) is 0. The second-order valence-corrected chi connectivity index (χ2v) is 5.16. The van der Waals surface area contributed by atoms with Gasteiger partial charge in [0.15, 0.2) is 0 Å². The van der Waals surface area contributed by atoms with Crippen molar-refractivity contribution in [1.29, 1.82) is 0 Å². The molecule has 1 amide bonds. The highest BCUT2D eigenvalue weighted by atomic mass is 32.1. The third-order valence-electron chi connectivity index (χ3n) is 2.16. The van der Waals surface area contributed by atoms with Gasteiger partial charge in [0.25, 0.3) is 0 Å². The zero-order valence-electron chi connectivity index (χ0n) is 10.7. The van der Waals surface area contributed by atoms with Gasteiger partial charge in [-0.05, 0) is 5.92 Å². The van der Waals surface area contributed by atoms with E-state index in [4.69, 9.17) is 18.0 Å². The Labute approximate surface area is 104 Å². The summed E-state index contributed by atoms with van der Waals surface area (Å²) in [7, 11) is 3.53. The number of likely N-dealkylation sites (N-methyl/N-ethyl adjacent to an activating group) is 1. The summed E-state index contributed by atoms with van der Waals surface area (Å²) in [5.41, 5.74) is 5.47. The molecule has 0 radical (unpaired) electrons. The highest BCUT2D eigenvalue weighted by molar-refractivity contribution is 7.80. The number of nitrogens with two attached hydrogens (primary N) is 1. The summed E-state index contributed by atoms with van der Waals surface area (Å²) < 4.78 is 0. The predicted octanol–water partition coefficient (Wildman–Crippen LogP) is 0.709. The average Bonchev–Trinajstić information content (AvgIpc) is 2.12. The van der Waals surface area contributed by atoms with E-state index in [1.54, 1.807) is 19.0 Å². The van der Waals surface area contributed by atoms with Crippen LogP contribution in [-0.4, -0.2) is 54.4 Å². The van der Waals surface area contributed by atoms with Crippen molar-refractivity contribution in [1.82, 2.24) is 9.80 Å². The van der Waals surface area contributed by atoms with Crippen LogP contribution in [0.1, 0.15) is 20.3 Å². The van der Waals surface area contributed by atoms with Crippen molar-refractivity contribution in [2.45, 2.75) is 20.3 Å². The van der Waals surface area contributed by atoms with E-state index in [2.05, 4.69) is 18.7 Å². The number of carbonyl (C=O) groups excluding carboxylic acids is 1. The first-order valence-electron chi connectivity index (χ1n) is 5.53.